The van der Waals surface area contributed by atoms with Crippen LogP contribution in [0.5, 0.6) is 0 Å². The average Bonchev–Trinajstić information content (AvgIpc) is 3.09. The topological polar surface area (TPSA) is 75.4 Å². The van der Waals surface area contributed by atoms with Gasteiger partial charge in [0.2, 0.25) is 5.91 Å². The Hall–Kier alpha value is -2.11. The summed E-state index contributed by atoms with van der Waals surface area (Å²) in [5, 5.41) is 6.78. The van der Waals surface area contributed by atoms with E-state index in [-0.39, 0.29) is 23.4 Å². The molecule has 3 rings (SSSR count). The summed E-state index contributed by atoms with van der Waals surface area (Å²) in [5.41, 5.74) is 0.295. The Labute approximate surface area is 135 Å². The number of nitrogens with zero attached hydrogens (tertiary/aromatic N) is 2. The highest BCUT2D eigenvalue weighted by Gasteiger charge is 2.46. The van der Waals surface area contributed by atoms with Crippen molar-refractivity contribution in [1.82, 2.24) is 15.4 Å². The van der Waals surface area contributed by atoms with Crippen LogP contribution in [-0.4, -0.2) is 40.0 Å². The highest BCUT2D eigenvalue weighted by molar-refractivity contribution is 5.92. The number of hydrogen-bond donors (Lipinski definition) is 1. The van der Waals surface area contributed by atoms with Crippen LogP contribution < -0.4 is 5.32 Å². The molecular formula is C17H23N3O3. The van der Waals surface area contributed by atoms with Crippen LogP contribution in [-0.2, 0) is 4.79 Å². The fourth-order valence-electron chi connectivity index (χ4n) is 3.85. The van der Waals surface area contributed by atoms with Gasteiger partial charge in [0.1, 0.15) is 5.76 Å². The SMILES string of the molecule is C=CCN1C(=O)CCC12CCC(NC(=O)c1cc(C)on1)CC2. The molecule has 1 aliphatic carbocycles. The van der Waals surface area contributed by atoms with Gasteiger partial charge in [0.25, 0.3) is 5.91 Å². The van der Waals surface area contributed by atoms with E-state index >= 15 is 0 Å². The molecule has 2 amide bonds. The van der Waals surface area contributed by atoms with Crippen molar-refractivity contribution in [2.45, 2.75) is 57.0 Å². The summed E-state index contributed by atoms with van der Waals surface area (Å²) in [6, 6.07) is 1.77. The van der Waals surface area contributed by atoms with Crippen LogP contribution in [0.15, 0.2) is 23.2 Å². The lowest BCUT2D eigenvalue weighted by atomic mass is 9.77. The molecule has 1 spiro atoms. The Balaban J connectivity index is 1.59. The molecule has 0 aromatic carbocycles. The normalized spacial score (nSPS) is 27.4. The van der Waals surface area contributed by atoms with E-state index in [0.29, 0.717) is 24.4 Å². The van der Waals surface area contributed by atoms with Crippen LogP contribution in [0, 0.1) is 6.92 Å². The van der Waals surface area contributed by atoms with Gasteiger partial charge in [-0.15, -0.1) is 6.58 Å². The summed E-state index contributed by atoms with van der Waals surface area (Å²) in [5.74, 6) is 0.668. The van der Waals surface area contributed by atoms with Gasteiger partial charge in [-0.2, -0.15) is 0 Å². The molecule has 1 aliphatic heterocycles. The standard InChI is InChI=1S/C17H23N3O3/c1-3-10-20-15(21)6-9-17(20)7-4-13(5-8-17)18-16(22)14-11-12(2)23-19-14/h3,11,13H,1,4-10H2,2H3,(H,18,22). The van der Waals surface area contributed by atoms with Gasteiger partial charge in [-0.3, -0.25) is 9.59 Å². The second-order valence-electron chi connectivity index (χ2n) is 6.59. The third-order valence-corrected chi connectivity index (χ3v) is 5.10. The van der Waals surface area contributed by atoms with Crippen LogP contribution >= 0.6 is 0 Å². The van der Waals surface area contributed by atoms with Gasteiger partial charge in [0, 0.05) is 30.6 Å². The maximum atomic E-state index is 12.1. The quantitative estimate of drug-likeness (QED) is 0.864. The number of carbonyl (C=O) groups is 2. The number of amides is 2. The smallest absolute Gasteiger partial charge is 0.273 e. The Bertz CT molecular complexity index is 614. The van der Waals surface area contributed by atoms with E-state index in [1.54, 1.807) is 19.1 Å². The first-order valence-corrected chi connectivity index (χ1v) is 8.20. The Morgan fingerprint density at radius 1 is 1.52 bits per heavy atom. The lowest BCUT2D eigenvalue weighted by Gasteiger charge is -2.43. The minimum absolute atomic E-state index is 0.0308. The number of carbonyl (C=O) groups excluding carboxylic acids is 2. The fourth-order valence-corrected chi connectivity index (χ4v) is 3.85. The predicted octanol–water partition coefficient (Wildman–Crippen LogP) is 2.20. The van der Waals surface area contributed by atoms with E-state index in [0.717, 1.165) is 32.1 Å². The monoisotopic (exact) mass is 317 g/mol. The molecule has 2 heterocycles. The molecule has 2 fully saturated rings. The van der Waals surface area contributed by atoms with Gasteiger partial charge in [-0.1, -0.05) is 11.2 Å². The lowest BCUT2D eigenvalue weighted by Crippen LogP contribution is -2.51. The molecule has 1 aromatic heterocycles. The number of aryl methyl sites for hydroxylation is 1. The third-order valence-electron chi connectivity index (χ3n) is 5.10. The second kappa shape index (κ2) is 6.18. The highest BCUT2D eigenvalue weighted by atomic mass is 16.5. The summed E-state index contributed by atoms with van der Waals surface area (Å²) >= 11 is 0. The van der Waals surface area contributed by atoms with E-state index in [4.69, 9.17) is 4.52 Å². The predicted molar refractivity (Wildman–Crippen MR) is 84.8 cm³/mol. The zero-order valence-corrected chi connectivity index (χ0v) is 13.5. The number of rotatable bonds is 4. The van der Waals surface area contributed by atoms with Gasteiger partial charge in [-0.05, 0) is 39.0 Å². The van der Waals surface area contributed by atoms with Crippen molar-refractivity contribution in [2.24, 2.45) is 0 Å². The molecule has 1 aromatic rings. The molecule has 0 bridgehead atoms. The Morgan fingerprint density at radius 3 is 2.87 bits per heavy atom. The molecule has 2 aliphatic rings. The lowest BCUT2D eigenvalue weighted by molar-refractivity contribution is -0.131. The maximum absolute atomic E-state index is 12.1. The van der Waals surface area contributed by atoms with E-state index in [2.05, 4.69) is 17.1 Å². The minimum atomic E-state index is -0.187. The minimum Gasteiger partial charge on any atom is -0.361 e. The Morgan fingerprint density at radius 2 is 2.26 bits per heavy atom. The van der Waals surface area contributed by atoms with Crippen molar-refractivity contribution < 1.29 is 14.1 Å². The van der Waals surface area contributed by atoms with Gasteiger partial charge in [0.05, 0.1) is 0 Å². The molecular weight excluding hydrogens is 294 g/mol. The molecule has 6 nitrogen and oxygen atoms in total. The largest absolute Gasteiger partial charge is 0.361 e. The van der Waals surface area contributed by atoms with Crippen molar-refractivity contribution in [3.8, 4) is 0 Å². The zero-order valence-electron chi connectivity index (χ0n) is 13.5. The van der Waals surface area contributed by atoms with Crippen molar-refractivity contribution in [3.05, 3.63) is 30.2 Å². The van der Waals surface area contributed by atoms with Crippen molar-refractivity contribution in [1.29, 1.82) is 0 Å². The van der Waals surface area contributed by atoms with Crippen molar-refractivity contribution >= 4 is 11.8 Å². The van der Waals surface area contributed by atoms with Gasteiger partial charge >= 0.3 is 0 Å². The first-order chi connectivity index (χ1) is 11.0. The molecule has 0 atom stereocenters. The number of likely N-dealkylation sites (tertiary alicyclic amines) is 1. The summed E-state index contributed by atoms with van der Waals surface area (Å²) in [7, 11) is 0. The van der Waals surface area contributed by atoms with Gasteiger partial charge in [0.15, 0.2) is 5.69 Å². The van der Waals surface area contributed by atoms with Crippen molar-refractivity contribution in [2.75, 3.05) is 6.54 Å². The second-order valence-corrected chi connectivity index (χ2v) is 6.59. The number of hydrogen-bond acceptors (Lipinski definition) is 4. The molecule has 0 unspecified atom stereocenters. The van der Waals surface area contributed by atoms with E-state index in [1.807, 2.05) is 4.90 Å². The molecule has 124 valence electrons. The van der Waals surface area contributed by atoms with E-state index in [9.17, 15) is 9.59 Å². The summed E-state index contributed by atoms with van der Waals surface area (Å²) < 4.78 is 4.94. The molecule has 1 saturated heterocycles. The van der Waals surface area contributed by atoms with Gasteiger partial charge in [-0.25, -0.2) is 0 Å². The van der Waals surface area contributed by atoms with Crippen LogP contribution in [0.4, 0.5) is 0 Å². The zero-order chi connectivity index (χ0) is 16.4. The fraction of sp³-hybridized carbons (Fsp3) is 0.588. The molecule has 6 heteroatoms. The van der Waals surface area contributed by atoms with Crippen LogP contribution in [0.3, 0.4) is 0 Å². The molecule has 23 heavy (non-hydrogen) atoms. The van der Waals surface area contributed by atoms with Gasteiger partial charge < -0.3 is 14.7 Å². The van der Waals surface area contributed by atoms with Crippen LogP contribution in [0.2, 0.25) is 0 Å². The van der Waals surface area contributed by atoms with E-state index < -0.39 is 0 Å². The number of aromatic nitrogens is 1. The molecule has 1 saturated carbocycles. The third kappa shape index (κ3) is 3.02. The van der Waals surface area contributed by atoms with Crippen LogP contribution in [0.1, 0.15) is 54.8 Å². The summed E-state index contributed by atoms with van der Waals surface area (Å²) in [6.45, 7) is 6.14. The summed E-state index contributed by atoms with van der Waals surface area (Å²) in [6.07, 6.45) is 6.95. The highest BCUT2D eigenvalue weighted by Crippen LogP contribution is 2.42. The Kier molecular flexibility index (Phi) is 4.24. The molecule has 0 radical (unpaired) electrons. The molecule has 1 N–H and O–H groups in total. The summed E-state index contributed by atoms with van der Waals surface area (Å²) in [4.78, 5) is 26.2. The number of nitrogens with one attached hydrogen (secondary N) is 1. The van der Waals surface area contributed by atoms with E-state index in [1.165, 1.54) is 0 Å². The van der Waals surface area contributed by atoms with Crippen molar-refractivity contribution in [3.63, 3.8) is 0 Å². The van der Waals surface area contributed by atoms with Crippen LogP contribution in [0.25, 0.3) is 0 Å². The first kappa shape index (κ1) is 15.8. The maximum Gasteiger partial charge on any atom is 0.273 e. The first-order valence-electron chi connectivity index (χ1n) is 8.20. The average molecular weight is 317 g/mol.